The van der Waals surface area contributed by atoms with Crippen molar-refractivity contribution in [3.63, 3.8) is 0 Å². The molecular weight excluding hydrogens is 384 g/mol. The molecule has 0 saturated heterocycles. The van der Waals surface area contributed by atoms with Gasteiger partial charge >= 0.3 is 0 Å². The minimum atomic E-state index is 0.545. The Bertz CT molecular complexity index is 1440. The number of benzene rings is 2. The van der Waals surface area contributed by atoms with Gasteiger partial charge in [0.25, 0.3) is 0 Å². The second kappa shape index (κ2) is 6.35. The third-order valence-electron chi connectivity index (χ3n) is 4.77. The average molecular weight is 398 g/mol. The molecule has 0 saturated carbocycles. The summed E-state index contributed by atoms with van der Waals surface area (Å²) < 4.78 is 3.84. The summed E-state index contributed by atoms with van der Waals surface area (Å²) >= 11 is 1.48. The normalized spacial score (nSPS) is 11.6. The molecule has 9 heteroatoms. The Balaban J connectivity index is 1.35. The van der Waals surface area contributed by atoms with E-state index >= 15 is 0 Å². The van der Waals surface area contributed by atoms with E-state index in [0.29, 0.717) is 6.54 Å². The number of aromatic nitrogens is 8. The summed E-state index contributed by atoms with van der Waals surface area (Å²) in [7, 11) is 0. The monoisotopic (exact) mass is 398 g/mol. The number of rotatable bonds is 4. The van der Waals surface area contributed by atoms with Crippen LogP contribution in [0.25, 0.3) is 38.0 Å². The maximum atomic E-state index is 4.72. The van der Waals surface area contributed by atoms with E-state index in [2.05, 4.69) is 29.9 Å². The van der Waals surface area contributed by atoms with Crippen molar-refractivity contribution >= 4 is 27.3 Å². The van der Waals surface area contributed by atoms with E-state index in [4.69, 9.17) is 5.10 Å². The standard InChI is InChI=1S/C20H14N8S/c1-2-6-13(7-3-1)15-10-16(23-22-15)19-26-28-18(24-25-20(28)29-19)11-27-12-21-14-8-4-5-9-17(14)27/h1-10,12H,11H2,(H,22,23). The summed E-state index contributed by atoms with van der Waals surface area (Å²) in [5.41, 5.74) is 4.82. The molecule has 0 amide bonds. The molecule has 29 heavy (non-hydrogen) atoms. The topological polar surface area (TPSA) is 89.6 Å². The number of aromatic amines is 1. The lowest BCUT2D eigenvalue weighted by atomic mass is 10.1. The summed E-state index contributed by atoms with van der Waals surface area (Å²) in [6, 6.07) is 20.1. The molecule has 0 aliphatic rings. The fourth-order valence-electron chi connectivity index (χ4n) is 3.34. The van der Waals surface area contributed by atoms with Crippen molar-refractivity contribution in [2.75, 3.05) is 0 Å². The molecule has 0 atom stereocenters. The van der Waals surface area contributed by atoms with Crippen LogP contribution in [0.3, 0.4) is 0 Å². The Morgan fingerprint density at radius 1 is 0.966 bits per heavy atom. The fourth-order valence-corrected chi connectivity index (χ4v) is 4.17. The Labute approximate surface area is 168 Å². The third kappa shape index (κ3) is 2.71. The molecule has 8 nitrogen and oxygen atoms in total. The van der Waals surface area contributed by atoms with Crippen molar-refractivity contribution in [1.82, 2.24) is 39.6 Å². The van der Waals surface area contributed by atoms with Crippen molar-refractivity contribution in [3.05, 3.63) is 72.8 Å². The van der Waals surface area contributed by atoms with Gasteiger partial charge in [-0.15, -0.1) is 10.2 Å². The van der Waals surface area contributed by atoms with Crippen LogP contribution in [0.5, 0.6) is 0 Å². The highest BCUT2D eigenvalue weighted by atomic mass is 32.1. The SMILES string of the molecule is c1ccc(-c2cc(-c3nn4c(Cn5cnc6ccccc65)nnc4s3)[nH]n2)cc1. The highest BCUT2D eigenvalue weighted by Gasteiger charge is 2.16. The van der Waals surface area contributed by atoms with Crippen LogP contribution < -0.4 is 0 Å². The number of hydrogen-bond acceptors (Lipinski definition) is 6. The van der Waals surface area contributed by atoms with E-state index in [9.17, 15) is 0 Å². The van der Waals surface area contributed by atoms with Crippen LogP contribution in [0.1, 0.15) is 5.82 Å². The molecule has 0 aliphatic carbocycles. The van der Waals surface area contributed by atoms with Gasteiger partial charge in [-0.2, -0.15) is 14.7 Å². The number of hydrogen-bond donors (Lipinski definition) is 1. The zero-order valence-electron chi connectivity index (χ0n) is 15.1. The number of fused-ring (bicyclic) bond motifs is 2. The highest BCUT2D eigenvalue weighted by molar-refractivity contribution is 7.19. The van der Waals surface area contributed by atoms with E-state index in [0.717, 1.165) is 43.8 Å². The Kier molecular flexibility index (Phi) is 3.53. The molecule has 6 aromatic rings. The van der Waals surface area contributed by atoms with Gasteiger partial charge in [-0.25, -0.2) is 4.98 Å². The predicted octanol–water partition coefficient (Wildman–Crippen LogP) is 3.64. The van der Waals surface area contributed by atoms with Crippen LogP contribution in [0, 0.1) is 0 Å². The molecular formula is C20H14N8S. The molecule has 0 spiro atoms. The zero-order valence-corrected chi connectivity index (χ0v) is 15.9. The largest absolute Gasteiger partial charge is 0.323 e. The first-order valence-corrected chi connectivity index (χ1v) is 9.89. The van der Waals surface area contributed by atoms with E-state index in [-0.39, 0.29) is 0 Å². The summed E-state index contributed by atoms with van der Waals surface area (Å²) in [6.45, 7) is 0.545. The number of para-hydroxylation sites is 2. The van der Waals surface area contributed by atoms with E-state index in [1.807, 2.05) is 67.0 Å². The minimum absolute atomic E-state index is 0.545. The molecule has 0 aliphatic heterocycles. The van der Waals surface area contributed by atoms with Gasteiger partial charge in [-0.1, -0.05) is 53.8 Å². The van der Waals surface area contributed by atoms with Crippen molar-refractivity contribution in [2.24, 2.45) is 0 Å². The van der Waals surface area contributed by atoms with Crippen molar-refractivity contribution < 1.29 is 0 Å². The number of nitrogens with zero attached hydrogens (tertiary/aromatic N) is 7. The summed E-state index contributed by atoms with van der Waals surface area (Å²) in [5, 5.41) is 21.6. The zero-order chi connectivity index (χ0) is 19.2. The van der Waals surface area contributed by atoms with E-state index < -0.39 is 0 Å². The van der Waals surface area contributed by atoms with Gasteiger partial charge in [-0.3, -0.25) is 5.10 Å². The van der Waals surface area contributed by atoms with Gasteiger partial charge < -0.3 is 4.57 Å². The maximum absolute atomic E-state index is 4.72. The van der Waals surface area contributed by atoms with Crippen LogP contribution >= 0.6 is 11.3 Å². The van der Waals surface area contributed by atoms with Gasteiger partial charge in [0.15, 0.2) is 10.8 Å². The fraction of sp³-hybridized carbons (Fsp3) is 0.0500. The average Bonchev–Trinajstić information content (AvgIpc) is 3.54. The summed E-state index contributed by atoms with van der Waals surface area (Å²) in [6.07, 6.45) is 1.82. The molecule has 0 unspecified atom stereocenters. The molecule has 6 rings (SSSR count). The van der Waals surface area contributed by atoms with Crippen LogP contribution in [0.2, 0.25) is 0 Å². The van der Waals surface area contributed by atoms with E-state index in [1.54, 1.807) is 4.52 Å². The van der Waals surface area contributed by atoms with Gasteiger partial charge in [0.1, 0.15) is 0 Å². The molecule has 4 aromatic heterocycles. The lowest BCUT2D eigenvalue weighted by Gasteiger charge is -2.01. The van der Waals surface area contributed by atoms with Gasteiger partial charge in [0.2, 0.25) is 4.96 Å². The molecule has 4 heterocycles. The Hall–Kier alpha value is -3.85. The summed E-state index contributed by atoms with van der Waals surface area (Å²) in [4.78, 5) is 5.18. The summed E-state index contributed by atoms with van der Waals surface area (Å²) in [5.74, 6) is 0.758. The first-order chi connectivity index (χ1) is 14.3. The van der Waals surface area contributed by atoms with Crippen molar-refractivity contribution in [2.45, 2.75) is 6.54 Å². The number of H-pyrrole nitrogens is 1. The molecule has 1 N–H and O–H groups in total. The molecule has 140 valence electrons. The molecule has 0 fully saturated rings. The molecule has 0 radical (unpaired) electrons. The lowest BCUT2D eigenvalue weighted by molar-refractivity contribution is 0.726. The quantitative estimate of drug-likeness (QED) is 0.490. The highest BCUT2D eigenvalue weighted by Crippen LogP contribution is 2.27. The predicted molar refractivity (Wildman–Crippen MR) is 111 cm³/mol. The second-order valence-electron chi connectivity index (χ2n) is 6.61. The minimum Gasteiger partial charge on any atom is -0.323 e. The smallest absolute Gasteiger partial charge is 0.235 e. The van der Waals surface area contributed by atoms with Gasteiger partial charge in [-0.05, 0) is 18.2 Å². The third-order valence-corrected chi connectivity index (χ3v) is 5.70. The maximum Gasteiger partial charge on any atom is 0.235 e. The first kappa shape index (κ1) is 16.1. The molecule has 2 aromatic carbocycles. The van der Waals surface area contributed by atoms with Crippen LogP contribution in [-0.4, -0.2) is 39.6 Å². The first-order valence-electron chi connectivity index (χ1n) is 9.07. The number of imidazole rings is 1. The van der Waals surface area contributed by atoms with Crippen LogP contribution in [-0.2, 0) is 6.54 Å². The van der Waals surface area contributed by atoms with Gasteiger partial charge in [0.05, 0.1) is 35.3 Å². The van der Waals surface area contributed by atoms with Crippen LogP contribution in [0.4, 0.5) is 0 Å². The number of nitrogens with one attached hydrogen (secondary N) is 1. The van der Waals surface area contributed by atoms with Crippen molar-refractivity contribution in [3.8, 4) is 22.0 Å². The van der Waals surface area contributed by atoms with E-state index in [1.165, 1.54) is 11.3 Å². The van der Waals surface area contributed by atoms with Crippen LogP contribution in [0.15, 0.2) is 67.0 Å². The Morgan fingerprint density at radius 2 is 1.83 bits per heavy atom. The second-order valence-corrected chi connectivity index (χ2v) is 7.57. The molecule has 0 bridgehead atoms. The lowest BCUT2D eigenvalue weighted by Crippen LogP contribution is -2.04. The van der Waals surface area contributed by atoms with Crippen molar-refractivity contribution in [1.29, 1.82) is 0 Å². The van der Waals surface area contributed by atoms with Gasteiger partial charge in [0, 0.05) is 5.56 Å². The Morgan fingerprint density at radius 3 is 2.76 bits per heavy atom.